The minimum absolute atomic E-state index is 0. The Morgan fingerprint density at radius 1 is 1.07 bits per heavy atom. The number of aromatic amines is 1. The van der Waals surface area contributed by atoms with Gasteiger partial charge in [0.25, 0.3) is 0 Å². The van der Waals surface area contributed by atoms with Gasteiger partial charge in [0.2, 0.25) is 0 Å². The summed E-state index contributed by atoms with van der Waals surface area (Å²) in [4.78, 5) is 17.7. The quantitative estimate of drug-likeness (QED) is 0.735. The number of imidazole rings is 1. The van der Waals surface area contributed by atoms with Crippen molar-refractivity contribution in [2.24, 2.45) is 0 Å². The van der Waals surface area contributed by atoms with Gasteiger partial charge in [-0.2, -0.15) is 13.2 Å². The second kappa shape index (κ2) is 9.32. The maximum atomic E-state index is 13.1. The lowest BCUT2D eigenvalue weighted by Gasteiger charge is -2.41. The average molecular weight is 448 g/mol. The third kappa shape index (κ3) is 4.70. The molecule has 1 saturated carbocycles. The second-order valence-corrected chi connectivity index (χ2v) is 8.18. The standard InChI is InChI=1S/C21H28F3N3O2.ClH/c1-2-29-17-6-4-15(5-7-17)26-11-9-16(10-12-26)27-19-13-14(21(22,23)24)3-8-18(19)25-20(27)28;/h3,8,13,15-17H,2,4-7,9-12H2,1H3,(H,25,28);1H. The Hall–Kier alpha value is -1.51. The van der Waals surface area contributed by atoms with Crippen molar-refractivity contribution < 1.29 is 17.9 Å². The van der Waals surface area contributed by atoms with E-state index in [9.17, 15) is 18.0 Å². The molecule has 1 saturated heterocycles. The van der Waals surface area contributed by atoms with Gasteiger partial charge in [0.15, 0.2) is 0 Å². The Bertz CT molecular complexity index is 895. The van der Waals surface area contributed by atoms with E-state index < -0.39 is 11.7 Å². The van der Waals surface area contributed by atoms with Gasteiger partial charge in [-0.15, -0.1) is 12.4 Å². The van der Waals surface area contributed by atoms with E-state index in [1.807, 2.05) is 6.92 Å². The van der Waals surface area contributed by atoms with Crippen molar-refractivity contribution in [3.8, 4) is 0 Å². The van der Waals surface area contributed by atoms with Gasteiger partial charge in [-0.05, 0) is 63.6 Å². The predicted octanol–water partition coefficient (Wildman–Crippen LogP) is 4.75. The number of halogens is 4. The van der Waals surface area contributed by atoms with Crippen LogP contribution in [-0.4, -0.2) is 46.3 Å². The van der Waals surface area contributed by atoms with Crippen molar-refractivity contribution in [1.82, 2.24) is 14.5 Å². The molecule has 1 aliphatic heterocycles. The number of hydrogen-bond donors (Lipinski definition) is 1. The summed E-state index contributed by atoms with van der Waals surface area (Å²) in [6.07, 6.45) is 1.91. The molecule has 1 N–H and O–H groups in total. The summed E-state index contributed by atoms with van der Waals surface area (Å²) < 4.78 is 46.6. The highest BCUT2D eigenvalue weighted by molar-refractivity contribution is 5.85. The van der Waals surface area contributed by atoms with Crippen LogP contribution in [-0.2, 0) is 10.9 Å². The average Bonchev–Trinajstić information content (AvgIpc) is 3.03. The van der Waals surface area contributed by atoms with Gasteiger partial charge in [0.1, 0.15) is 0 Å². The van der Waals surface area contributed by atoms with Gasteiger partial charge >= 0.3 is 11.9 Å². The topological polar surface area (TPSA) is 50.3 Å². The van der Waals surface area contributed by atoms with Crippen LogP contribution in [0.25, 0.3) is 11.0 Å². The number of nitrogens with one attached hydrogen (secondary N) is 1. The molecule has 5 nitrogen and oxygen atoms in total. The van der Waals surface area contributed by atoms with E-state index in [2.05, 4.69) is 9.88 Å². The molecular formula is C21H29ClF3N3O2. The minimum atomic E-state index is -4.42. The van der Waals surface area contributed by atoms with E-state index in [1.54, 1.807) is 0 Å². The Morgan fingerprint density at radius 2 is 1.73 bits per heavy atom. The zero-order valence-electron chi connectivity index (χ0n) is 17.1. The van der Waals surface area contributed by atoms with Crippen molar-refractivity contribution in [3.05, 3.63) is 34.2 Å². The monoisotopic (exact) mass is 447 g/mol. The number of nitrogens with zero attached hydrogens (tertiary/aromatic N) is 2. The number of fused-ring (bicyclic) bond motifs is 1. The molecule has 2 heterocycles. The highest BCUT2D eigenvalue weighted by Gasteiger charge is 2.33. The number of ether oxygens (including phenoxy) is 1. The summed E-state index contributed by atoms with van der Waals surface area (Å²) in [5.41, 5.74) is -0.239. The lowest BCUT2D eigenvalue weighted by Crippen LogP contribution is -2.45. The molecule has 2 aromatic rings. The Kier molecular flexibility index (Phi) is 7.20. The maximum absolute atomic E-state index is 13.1. The van der Waals surface area contributed by atoms with Crippen molar-refractivity contribution in [2.45, 2.75) is 69.8 Å². The second-order valence-electron chi connectivity index (χ2n) is 8.18. The van der Waals surface area contributed by atoms with Crippen LogP contribution in [0.5, 0.6) is 0 Å². The first-order valence-corrected chi connectivity index (χ1v) is 10.5. The summed E-state index contributed by atoms with van der Waals surface area (Å²) in [6, 6.07) is 3.93. The van der Waals surface area contributed by atoms with Crippen LogP contribution in [0.1, 0.15) is 57.1 Å². The molecular weight excluding hydrogens is 419 g/mol. The molecule has 1 aliphatic carbocycles. The zero-order chi connectivity index (χ0) is 20.6. The predicted molar refractivity (Wildman–Crippen MR) is 112 cm³/mol. The number of hydrogen-bond acceptors (Lipinski definition) is 3. The van der Waals surface area contributed by atoms with Crippen molar-refractivity contribution in [1.29, 1.82) is 0 Å². The zero-order valence-corrected chi connectivity index (χ0v) is 17.9. The fourth-order valence-corrected chi connectivity index (χ4v) is 4.98. The first-order valence-electron chi connectivity index (χ1n) is 10.5. The van der Waals surface area contributed by atoms with Crippen molar-refractivity contribution in [2.75, 3.05) is 19.7 Å². The molecule has 2 fully saturated rings. The fraction of sp³-hybridized carbons (Fsp3) is 0.667. The lowest BCUT2D eigenvalue weighted by molar-refractivity contribution is -0.137. The molecule has 0 amide bonds. The number of likely N-dealkylation sites (tertiary alicyclic amines) is 1. The number of benzene rings is 1. The fourth-order valence-electron chi connectivity index (χ4n) is 4.98. The normalized spacial score (nSPS) is 24.1. The molecule has 1 aromatic heterocycles. The molecule has 168 valence electrons. The van der Waals surface area contributed by atoms with E-state index in [0.717, 1.165) is 70.4 Å². The summed E-state index contributed by atoms with van der Waals surface area (Å²) in [5, 5.41) is 0. The van der Waals surface area contributed by atoms with E-state index in [1.165, 1.54) is 10.6 Å². The number of piperidine rings is 1. The van der Waals surface area contributed by atoms with E-state index in [4.69, 9.17) is 4.74 Å². The van der Waals surface area contributed by atoms with Crippen LogP contribution >= 0.6 is 12.4 Å². The van der Waals surface area contributed by atoms with Crippen molar-refractivity contribution >= 4 is 23.4 Å². The van der Waals surface area contributed by atoms with Gasteiger partial charge < -0.3 is 14.6 Å². The van der Waals surface area contributed by atoms with Crippen LogP contribution in [0.15, 0.2) is 23.0 Å². The van der Waals surface area contributed by atoms with Crippen molar-refractivity contribution in [3.63, 3.8) is 0 Å². The summed E-state index contributed by atoms with van der Waals surface area (Å²) in [6.45, 7) is 4.52. The van der Waals surface area contributed by atoms with Gasteiger partial charge in [0, 0.05) is 31.8 Å². The molecule has 0 radical (unpaired) electrons. The molecule has 4 rings (SSSR count). The molecule has 0 unspecified atom stereocenters. The van der Waals surface area contributed by atoms with Crippen LogP contribution in [0.3, 0.4) is 0 Å². The Morgan fingerprint density at radius 3 is 2.33 bits per heavy atom. The molecule has 1 aromatic carbocycles. The van der Waals surface area contributed by atoms with E-state index >= 15 is 0 Å². The SMILES string of the molecule is CCOC1CCC(N2CCC(n3c(=O)[nH]c4ccc(C(F)(F)F)cc43)CC2)CC1.Cl. The van der Waals surface area contributed by atoms with Gasteiger partial charge in [-0.3, -0.25) is 4.57 Å². The summed E-state index contributed by atoms with van der Waals surface area (Å²) >= 11 is 0. The number of aromatic nitrogens is 2. The molecule has 9 heteroatoms. The molecule has 0 bridgehead atoms. The summed E-state index contributed by atoms with van der Waals surface area (Å²) in [5.74, 6) is 0. The van der Waals surface area contributed by atoms with Crippen LogP contribution in [0, 0.1) is 0 Å². The van der Waals surface area contributed by atoms with Crippen LogP contribution in [0.4, 0.5) is 13.2 Å². The molecule has 0 spiro atoms. The maximum Gasteiger partial charge on any atom is 0.416 e. The third-order valence-electron chi connectivity index (χ3n) is 6.47. The molecule has 30 heavy (non-hydrogen) atoms. The first-order chi connectivity index (χ1) is 13.9. The van der Waals surface area contributed by atoms with Gasteiger partial charge in [0.05, 0.1) is 22.7 Å². The number of alkyl halides is 3. The van der Waals surface area contributed by atoms with Gasteiger partial charge in [-0.25, -0.2) is 4.79 Å². The molecule has 2 aliphatic rings. The smallest absolute Gasteiger partial charge is 0.379 e. The molecule has 0 atom stereocenters. The van der Waals surface area contributed by atoms with Crippen LogP contribution < -0.4 is 5.69 Å². The lowest BCUT2D eigenvalue weighted by atomic mass is 9.90. The first kappa shape index (κ1) is 23.2. The number of rotatable bonds is 4. The third-order valence-corrected chi connectivity index (χ3v) is 6.47. The number of H-pyrrole nitrogens is 1. The van der Waals surface area contributed by atoms with E-state index in [0.29, 0.717) is 23.2 Å². The van der Waals surface area contributed by atoms with Crippen LogP contribution in [0.2, 0.25) is 0 Å². The summed E-state index contributed by atoms with van der Waals surface area (Å²) in [7, 11) is 0. The van der Waals surface area contributed by atoms with E-state index in [-0.39, 0.29) is 24.1 Å². The Labute approximate surface area is 180 Å². The Balaban J connectivity index is 0.00000256. The minimum Gasteiger partial charge on any atom is -0.379 e. The largest absolute Gasteiger partial charge is 0.416 e. The highest BCUT2D eigenvalue weighted by atomic mass is 35.5. The highest BCUT2D eigenvalue weighted by Crippen LogP contribution is 2.34. The van der Waals surface area contributed by atoms with Gasteiger partial charge in [-0.1, -0.05) is 0 Å².